The molecule has 0 radical (unpaired) electrons. The number of halogens is 3. The second-order valence-corrected chi connectivity index (χ2v) is 13.0. The summed E-state index contributed by atoms with van der Waals surface area (Å²) in [5.74, 6) is -3.42. The summed E-state index contributed by atoms with van der Waals surface area (Å²) < 4.78 is 90.8. The monoisotopic (exact) mass is 506 g/mol. The molecule has 0 aliphatic carbocycles. The molecule has 11 heteroatoms. The van der Waals surface area contributed by atoms with Crippen molar-refractivity contribution in [1.29, 1.82) is 0 Å². The Bertz CT molecular complexity index is 1250. The van der Waals surface area contributed by atoms with Crippen molar-refractivity contribution in [2.75, 3.05) is 25.2 Å². The summed E-state index contributed by atoms with van der Waals surface area (Å²) in [6, 6.07) is 7.20. The third-order valence-corrected chi connectivity index (χ3v) is 9.91. The highest BCUT2D eigenvalue weighted by Gasteiger charge is 2.61. The minimum Gasteiger partial charge on any atom is -0.490 e. The lowest BCUT2D eigenvalue weighted by atomic mass is 9.75. The Morgan fingerprint density at radius 2 is 1.72 bits per heavy atom. The molecule has 3 atom stereocenters. The molecule has 0 N–H and O–H groups in total. The zero-order chi connectivity index (χ0) is 23.3. The summed E-state index contributed by atoms with van der Waals surface area (Å²) in [5.41, 5.74) is -0.378. The SMILES string of the molecule is CS(=O)(=O)CC[C@H]1OCC[C@]2(S(=O)(=O)c3ccc(Cl)cc3)c3c(F)ccc(F)c3OC[C@H]12. The van der Waals surface area contributed by atoms with Crippen LogP contribution in [0.15, 0.2) is 41.3 Å². The van der Waals surface area contributed by atoms with Gasteiger partial charge < -0.3 is 9.47 Å². The molecule has 0 aromatic heterocycles. The Labute approximate surface area is 190 Å². The molecule has 6 nitrogen and oxygen atoms in total. The van der Waals surface area contributed by atoms with Crippen LogP contribution in [0, 0.1) is 17.6 Å². The van der Waals surface area contributed by atoms with Crippen molar-refractivity contribution >= 4 is 31.3 Å². The third kappa shape index (κ3) is 3.81. The molecule has 174 valence electrons. The van der Waals surface area contributed by atoms with Crippen molar-refractivity contribution in [3.8, 4) is 5.75 Å². The Balaban J connectivity index is 1.95. The van der Waals surface area contributed by atoms with Crippen molar-refractivity contribution in [2.45, 2.75) is 28.6 Å². The van der Waals surface area contributed by atoms with Crippen LogP contribution in [0.4, 0.5) is 8.78 Å². The number of rotatable bonds is 5. The van der Waals surface area contributed by atoms with Gasteiger partial charge in [-0.05, 0) is 49.2 Å². The van der Waals surface area contributed by atoms with Crippen LogP contribution in [0.2, 0.25) is 5.02 Å². The fraction of sp³-hybridized carbons (Fsp3) is 0.429. The molecule has 1 fully saturated rings. The first kappa shape index (κ1) is 23.4. The smallest absolute Gasteiger partial charge is 0.189 e. The predicted molar refractivity (Wildman–Crippen MR) is 114 cm³/mol. The molecule has 1 saturated heterocycles. The van der Waals surface area contributed by atoms with Crippen molar-refractivity contribution in [3.05, 3.63) is 58.6 Å². The van der Waals surface area contributed by atoms with Gasteiger partial charge in [-0.15, -0.1) is 0 Å². The molecule has 0 unspecified atom stereocenters. The topological polar surface area (TPSA) is 86.7 Å². The Morgan fingerprint density at radius 3 is 2.38 bits per heavy atom. The Kier molecular flexibility index (Phi) is 6.02. The molecule has 2 heterocycles. The van der Waals surface area contributed by atoms with Gasteiger partial charge in [0.2, 0.25) is 0 Å². The van der Waals surface area contributed by atoms with Crippen LogP contribution < -0.4 is 4.74 Å². The lowest BCUT2D eigenvalue weighted by molar-refractivity contribution is -0.0732. The lowest BCUT2D eigenvalue weighted by Gasteiger charge is -2.50. The van der Waals surface area contributed by atoms with Gasteiger partial charge >= 0.3 is 0 Å². The maximum atomic E-state index is 15.2. The van der Waals surface area contributed by atoms with E-state index in [9.17, 15) is 21.2 Å². The van der Waals surface area contributed by atoms with Crippen molar-refractivity contribution < 1.29 is 35.1 Å². The molecule has 0 amide bonds. The van der Waals surface area contributed by atoms with Gasteiger partial charge in [0.05, 0.1) is 28.9 Å². The van der Waals surface area contributed by atoms with E-state index in [0.29, 0.717) is 5.02 Å². The average Bonchev–Trinajstić information content (AvgIpc) is 2.73. The standard InChI is InChI=1S/C21H21ClF2O6S2/c1-31(25,26)11-8-18-15-12-30-20-17(24)7-6-16(23)19(20)21(15,9-10-29-18)32(27,28)14-4-2-13(22)3-5-14/h2-7,15,18H,8-12H2,1H3/t15-,18-,21-/m1/s1. The van der Waals surface area contributed by atoms with Crippen molar-refractivity contribution in [3.63, 3.8) is 0 Å². The molecule has 2 aromatic carbocycles. The molecule has 0 spiro atoms. The van der Waals surface area contributed by atoms with Gasteiger partial charge in [0, 0.05) is 23.8 Å². The van der Waals surface area contributed by atoms with Crippen LogP contribution >= 0.6 is 11.6 Å². The largest absolute Gasteiger partial charge is 0.490 e. The highest BCUT2D eigenvalue weighted by molar-refractivity contribution is 7.92. The quantitative estimate of drug-likeness (QED) is 0.616. The van der Waals surface area contributed by atoms with Gasteiger partial charge in [0.25, 0.3) is 0 Å². The van der Waals surface area contributed by atoms with E-state index >= 15 is 4.39 Å². The number of hydrogen-bond acceptors (Lipinski definition) is 6. The average molecular weight is 507 g/mol. The number of fused-ring (bicyclic) bond motifs is 3. The van der Waals surface area contributed by atoms with E-state index in [4.69, 9.17) is 21.1 Å². The summed E-state index contributed by atoms with van der Waals surface area (Å²) in [5, 5.41) is 0.320. The molecule has 4 rings (SSSR count). The number of benzene rings is 2. The Morgan fingerprint density at radius 1 is 1.06 bits per heavy atom. The normalized spacial score (nSPS) is 25.5. The minimum atomic E-state index is -4.31. The van der Waals surface area contributed by atoms with Crippen LogP contribution in [0.1, 0.15) is 18.4 Å². The number of ether oxygens (including phenoxy) is 2. The highest BCUT2D eigenvalue weighted by Crippen LogP contribution is 2.55. The first-order chi connectivity index (χ1) is 15.0. The molecule has 0 saturated carbocycles. The van der Waals surface area contributed by atoms with Gasteiger partial charge in [-0.1, -0.05) is 11.6 Å². The lowest BCUT2D eigenvalue weighted by Crippen LogP contribution is -2.57. The van der Waals surface area contributed by atoms with E-state index in [1.54, 1.807) is 0 Å². The first-order valence-corrected chi connectivity index (χ1v) is 13.8. The Hall–Kier alpha value is -1.75. The zero-order valence-electron chi connectivity index (χ0n) is 17.1. The fourth-order valence-electron chi connectivity index (χ4n) is 4.66. The van der Waals surface area contributed by atoms with Gasteiger partial charge in [0.15, 0.2) is 21.4 Å². The highest BCUT2D eigenvalue weighted by atomic mass is 35.5. The van der Waals surface area contributed by atoms with E-state index in [1.165, 1.54) is 24.3 Å². The molecule has 2 aromatic rings. The maximum absolute atomic E-state index is 15.2. The maximum Gasteiger partial charge on any atom is 0.189 e. The summed E-state index contributed by atoms with van der Waals surface area (Å²) in [6.07, 6.45) is 0.0671. The summed E-state index contributed by atoms with van der Waals surface area (Å²) in [7, 11) is -7.68. The van der Waals surface area contributed by atoms with Gasteiger partial charge in [-0.3, -0.25) is 0 Å². The van der Waals surface area contributed by atoms with E-state index in [2.05, 4.69) is 0 Å². The molecular weight excluding hydrogens is 486 g/mol. The molecule has 0 bridgehead atoms. The molecule has 2 aliphatic heterocycles. The first-order valence-electron chi connectivity index (χ1n) is 9.88. The van der Waals surface area contributed by atoms with Crippen LogP contribution in [-0.2, 0) is 29.2 Å². The van der Waals surface area contributed by atoms with Crippen LogP contribution in [0.25, 0.3) is 0 Å². The molecule has 2 aliphatic rings. The van der Waals surface area contributed by atoms with Crippen LogP contribution in [0.5, 0.6) is 5.75 Å². The van der Waals surface area contributed by atoms with Crippen molar-refractivity contribution in [1.82, 2.24) is 0 Å². The number of hydrogen-bond donors (Lipinski definition) is 0. The fourth-order valence-corrected chi connectivity index (χ4v) is 7.80. The summed E-state index contributed by atoms with van der Waals surface area (Å²) in [4.78, 5) is -0.104. The number of sulfone groups is 2. The van der Waals surface area contributed by atoms with Gasteiger partial charge in [0.1, 0.15) is 20.4 Å². The van der Waals surface area contributed by atoms with E-state index in [1.807, 2.05) is 0 Å². The second-order valence-electron chi connectivity index (χ2n) is 8.08. The van der Waals surface area contributed by atoms with Crippen LogP contribution in [-0.4, -0.2) is 48.2 Å². The van der Waals surface area contributed by atoms with Crippen molar-refractivity contribution in [2.24, 2.45) is 5.92 Å². The summed E-state index contributed by atoms with van der Waals surface area (Å²) in [6.45, 7) is -0.345. The van der Waals surface area contributed by atoms with Gasteiger partial charge in [-0.25, -0.2) is 25.6 Å². The molecular formula is C21H21ClF2O6S2. The van der Waals surface area contributed by atoms with E-state index < -0.39 is 53.8 Å². The van der Waals surface area contributed by atoms with E-state index in [0.717, 1.165) is 18.4 Å². The molecule has 32 heavy (non-hydrogen) atoms. The second kappa shape index (κ2) is 8.23. The van der Waals surface area contributed by atoms with Gasteiger partial charge in [-0.2, -0.15) is 0 Å². The third-order valence-electron chi connectivity index (χ3n) is 6.12. The zero-order valence-corrected chi connectivity index (χ0v) is 19.4. The van der Waals surface area contributed by atoms with E-state index in [-0.39, 0.29) is 42.3 Å². The predicted octanol–water partition coefficient (Wildman–Crippen LogP) is 3.52. The van der Waals surface area contributed by atoms with Crippen LogP contribution in [0.3, 0.4) is 0 Å². The summed E-state index contributed by atoms with van der Waals surface area (Å²) >= 11 is 5.92. The minimum absolute atomic E-state index is 0.00296.